The number of nitrogens with two attached hydrogens (primary N) is 1. The molecule has 0 bridgehead atoms. The highest BCUT2D eigenvalue weighted by molar-refractivity contribution is 6.34. The number of hydrazine groups is 2. The van der Waals surface area contributed by atoms with E-state index in [2.05, 4.69) is 17.8 Å². The standard InChI is InChI=1S/C20H42N4O2/c1-2-3-4-5-6-7-8-9-10-11-12-13-14-15-16-17-18-22-24-20(26)19(25)23-21/h22H,2-18,21H2,1H3,(H,23,25)(H,24,26). The quantitative estimate of drug-likeness (QED) is 0.0968. The molecule has 5 N–H and O–H groups in total. The smallest absolute Gasteiger partial charge is 0.286 e. The van der Waals surface area contributed by atoms with E-state index in [1.807, 2.05) is 0 Å². The van der Waals surface area contributed by atoms with Gasteiger partial charge in [0.05, 0.1) is 0 Å². The van der Waals surface area contributed by atoms with Crippen molar-refractivity contribution in [3.63, 3.8) is 0 Å². The van der Waals surface area contributed by atoms with Gasteiger partial charge in [0.15, 0.2) is 0 Å². The molecule has 0 fully saturated rings. The van der Waals surface area contributed by atoms with Crippen molar-refractivity contribution >= 4 is 11.8 Å². The van der Waals surface area contributed by atoms with Crippen molar-refractivity contribution < 1.29 is 9.59 Å². The highest BCUT2D eigenvalue weighted by Gasteiger charge is 2.09. The lowest BCUT2D eigenvalue weighted by Crippen LogP contribution is -2.48. The maximum absolute atomic E-state index is 11.1. The zero-order chi connectivity index (χ0) is 19.3. The molecule has 0 radical (unpaired) electrons. The molecule has 26 heavy (non-hydrogen) atoms. The van der Waals surface area contributed by atoms with Crippen LogP contribution < -0.4 is 22.1 Å². The Morgan fingerprint density at radius 1 is 0.615 bits per heavy atom. The molecule has 0 saturated heterocycles. The third-order valence-electron chi connectivity index (χ3n) is 4.69. The molecule has 0 heterocycles. The minimum Gasteiger partial charge on any atom is -0.286 e. The monoisotopic (exact) mass is 370 g/mol. The van der Waals surface area contributed by atoms with Gasteiger partial charge in [0.25, 0.3) is 0 Å². The van der Waals surface area contributed by atoms with Gasteiger partial charge in [-0.05, 0) is 6.42 Å². The van der Waals surface area contributed by atoms with Gasteiger partial charge in [0.2, 0.25) is 0 Å². The predicted molar refractivity (Wildman–Crippen MR) is 108 cm³/mol. The molecule has 154 valence electrons. The van der Waals surface area contributed by atoms with Crippen molar-refractivity contribution in [2.45, 2.75) is 110 Å². The highest BCUT2D eigenvalue weighted by atomic mass is 16.2. The molecule has 0 aromatic rings. The second kappa shape index (κ2) is 20.2. The maximum atomic E-state index is 11.1. The van der Waals surface area contributed by atoms with Gasteiger partial charge in [0.1, 0.15) is 0 Å². The number of hydrogen-bond acceptors (Lipinski definition) is 4. The largest absolute Gasteiger partial charge is 0.324 e. The van der Waals surface area contributed by atoms with Crippen LogP contribution in [0.15, 0.2) is 0 Å². The SMILES string of the molecule is CCCCCCCCCCCCCCCCCCNNC(=O)C(=O)NN. The van der Waals surface area contributed by atoms with E-state index in [1.54, 1.807) is 5.43 Å². The van der Waals surface area contributed by atoms with E-state index in [1.165, 1.54) is 89.9 Å². The second-order valence-corrected chi connectivity index (χ2v) is 7.16. The minimum atomic E-state index is -0.843. The third-order valence-corrected chi connectivity index (χ3v) is 4.69. The van der Waals surface area contributed by atoms with Crippen LogP contribution in [0, 0.1) is 0 Å². The fraction of sp³-hybridized carbons (Fsp3) is 0.900. The van der Waals surface area contributed by atoms with Crippen LogP contribution in [0.25, 0.3) is 0 Å². The van der Waals surface area contributed by atoms with Crippen LogP contribution in [-0.4, -0.2) is 18.4 Å². The summed E-state index contributed by atoms with van der Waals surface area (Å²) in [6.45, 7) is 2.94. The van der Waals surface area contributed by atoms with Crippen LogP contribution in [-0.2, 0) is 9.59 Å². The molecule has 0 atom stereocenters. The van der Waals surface area contributed by atoms with E-state index in [4.69, 9.17) is 5.84 Å². The normalized spacial score (nSPS) is 10.7. The van der Waals surface area contributed by atoms with Gasteiger partial charge in [-0.25, -0.2) is 11.3 Å². The maximum Gasteiger partial charge on any atom is 0.324 e. The first-order chi connectivity index (χ1) is 12.7. The Bertz CT molecular complexity index is 338. The van der Waals surface area contributed by atoms with Crippen molar-refractivity contribution in [1.82, 2.24) is 16.3 Å². The zero-order valence-corrected chi connectivity index (χ0v) is 16.9. The number of amides is 2. The first-order valence-corrected chi connectivity index (χ1v) is 10.8. The summed E-state index contributed by atoms with van der Waals surface area (Å²) in [6, 6.07) is 0. The molecule has 6 heteroatoms. The average molecular weight is 371 g/mol. The van der Waals surface area contributed by atoms with Crippen LogP contribution in [0.4, 0.5) is 0 Å². The molecule has 6 nitrogen and oxygen atoms in total. The Hall–Kier alpha value is -1.14. The molecule has 0 aliphatic carbocycles. The number of rotatable bonds is 18. The Morgan fingerprint density at radius 3 is 1.38 bits per heavy atom. The average Bonchev–Trinajstić information content (AvgIpc) is 2.66. The topological polar surface area (TPSA) is 96.2 Å². The van der Waals surface area contributed by atoms with E-state index < -0.39 is 11.8 Å². The lowest BCUT2D eigenvalue weighted by atomic mass is 10.0. The number of nitrogens with one attached hydrogen (secondary N) is 3. The minimum absolute atomic E-state index is 0.669. The molecule has 0 saturated carbocycles. The molecule has 2 amide bonds. The van der Waals surface area contributed by atoms with E-state index in [0.717, 1.165) is 12.8 Å². The number of carbonyl (C=O) groups is 2. The summed E-state index contributed by atoms with van der Waals surface area (Å²) < 4.78 is 0. The summed E-state index contributed by atoms with van der Waals surface area (Å²) in [5.41, 5.74) is 6.82. The Kier molecular flexibility index (Phi) is 19.3. The van der Waals surface area contributed by atoms with Crippen molar-refractivity contribution in [3.8, 4) is 0 Å². The molecular weight excluding hydrogens is 328 g/mol. The fourth-order valence-electron chi connectivity index (χ4n) is 3.03. The van der Waals surface area contributed by atoms with E-state index in [-0.39, 0.29) is 0 Å². The second-order valence-electron chi connectivity index (χ2n) is 7.16. The summed E-state index contributed by atoms with van der Waals surface area (Å²) in [4.78, 5) is 21.9. The lowest BCUT2D eigenvalue weighted by molar-refractivity contribution is -0.139. The van der Waals surface area contributed by atoms with Crippen LogP contribution in [0.5, 0.6) is 0 Å². The Morgan fingerprint density at radius 2 is 1.00 bits per heavy atom. The molecule has 0 aliphatic heterocycles. The zero-order valence-electron chi connectivity index (χ0n) is 16.9. The van der Waals surface area contributed by atoms with Crippen molar-refractivity contribution in [2.24, 2.45) is 5.84 Å². The lowest BCUT2D eigenvalue weighted by Gasteiger charge is -2.06. The van der Waals surface area contributed by atoms with Gasteiger partial charge in [-0.2, -0.15) is 0 Å². The first kappa shape index (κ1) is 24.9. The first-order valence-electron chi connectivity index (χ1n) is 10.8. The van der Waals surface area contributed by atoms with Gasteiger partial charge in [-0.1, -0.05) is 103 Å². The fourth-order valence-corrected chi connectivity index (χ4v) is 3.03. The summed E-state index contributed by atoms with van der Waals surface area (Å²) in [5, 5.41) is 0. The number of carbonyl (C=O) groups excluding carboxylic acids is 2. The third kappa shape index (κ3) is 17.7. The predicted octanol–water partition coefficient (Wildman–Crippen LogP) is 3.86. The summed E-state index contributed by atoms with van der Waals surface area (Å²) in [6.07, 6.45) is 21.4. The summed E-state index contributed by atoms with van der Waals surface area (Å²) >= 11 is 0. The van der Waals surface area contributed by atoms with Crippen LogP contribution in [0.3, 0.4) is 0 Å². The molecule has 0 rings (SSSR count). The van der Waals surface area contributed by atoms with Gasteiger partial charge in [-0.3, -0.25) is 20.4 Å². The summed E-state index contributed by atoms with van der Waals surface area (Å²) in [5.74, 6) is 3.25. The van der Waals surface area contributed by atoms with E-state index in [9.17, 15) is 9.59 Å². The highest BCUT2D eigenvalue weighted by Crippen LogP contribution is 2.13. The van der Waals surface area contributed by atoms with Gasteiger partial charge in [-0.15, -0.1) is 0 Å². The number of hydrogen-bond donors (Lipinski definition) is 4. The molecule has 0 aromatic carbocycles. The molecule has 0 unspecified atom stereocenters. The van der Waals surface area contributed by atoms with Gasteiger partial charge < -0.3 is 0 Å². The van der Waals surface area contributed by atoms with E-state index >= 15 is 0 Å². The molecule has 0 spiro atoms. The molecule has 0 aliphatic rings. The Balaban J connectivity index is 3.09. The van der Waals surface area contributed by atoms with Crippen molar-refractivity contribution in [3.05, 3.63) is 0 Å². The van der Waals surface area contributed by atoms with Crippen molar-refractivity contribution in [2.75, 3.05) is 6.54 Å². The van der Waals surface area contributed by atoms with Crippen LogP contribution in [0.2, 0.25) is 0 Å². The molecule has 0 aromatic heterocycles. The van der Waals surface area contributed by atoms with Crippen LogP contribution >= 0.6 is 0 Å². The van der Waals surface area contributed by atoms with E-state index in [0.29, 0.717) is 6.54 Å². The van der Waals surface area contributed by atoms with Crippen molar-refractivity contribution in [1.29, 1.82) is 0 Å². The summed E-state index contributed by atoms with van der Waals surface area (Å²) in [7, 11) is 0. The van der Waals surface area contributed by atoms with Gasteiger partial charge >= 0.3 is 11.8 Å². The number of unbranched alkanes of at least 4 members (excludes halogenated alkanes) is 15. The van der Waals surface area contributed by atoms with Crippen LogP contribution in [0.1, 0.15) is 110 Å². The Labute approximate surface area is 160 Å². The van der Waals surface area contributed by atoms with Gasteiger partial charge in [0, 0.05) is 6.54 Å². The molecular formula is C20H42N4O2.